The number of rotatable bonds is 6. The summed E-state index contributed by atoms with van der Waals surface area (Å²) in [6, 6.07) is 9.87. The van der Waals surface area contributed by atoms with Crippen molar-refractivity contribution in [2.75, 3.05) is 0 Å². The molecule has 250 valence electrons. The first kappa shape index (κ1) is 45.0. The minimum atomic E-state index is -6.09. The molecule has 2 saturated heterocycles. The molecule has 3 aliphatic rings. The zero-order valence-electron chi connectivity index (χ0n) is 27.0. The van der Waals surface area contributed by atoms with Crippen molar-refractivity contribution in [2.24, 2.45) is 0 Å². The third-order valence-electron chi connectivity index (χ3n) is 8.62. The second-order valence-corrected chi connectivity index (χ2v) is 18.6. The molecule has 2 aliphatic heterocycles. The van der Waals surface area contributed by atoms with E-state index in [1.165, 1.54) is 77.0 Å². The van der Waals surface area contributed by atoms with Crippen molar-refractivity contribution in [3.05, 3.63) is 63.4 Å². The predicted octanol–water partition coefficient (Wildman–Crippen LogP) is 9.69. The molecule has 0 radical (unpaired) electrons. The molecule has 0 N–H and O–H groups in total. The van der Waals surface area contributed by atoms with Crippen LogP contribution in [0.2, 0.25) is 0 Å². The summed E-state index contributed by atoms with van der Waals surface area (Å²) in [6.45, 7) is 9.79. The van der Waals surface area contributed by atoms with Crippen LogP contribution in [0.25, 0.3) is 0 Å². The van der Waals surface area contributed by atoms with E-state index >= 15 is 0 Å². The Balaban J connectivity index is 0. The molecule has 0 amide bonds. The Bertz CT molecular complexity index is 953. The molecule has 3 nitrogen and oxygen atoms in total. The molecular weight excluding hydrogens is 698 g/mol. The monoisotopic (exact) mass is 754 g/mol. The Labute approximate surface area is 277 Å². The van der Waals surface area contributed by atoms with Crippen molar-refractivity contribution >= 4 is 36.6 Å². The van der Waals surface area contributed by atoms with Gasteiger partial charge in [0, 0.05) is 15.8 Å². The largest absolute Gasteiger partial charge is 3.00 e. The van der Waals surface area contributed by atoms with Gasteiger partial charge in [-0.05, 0) is 89.2 Å². The van der Waals surface area contributed by atoms with E-state index in [0.717, 1.165) is 22.6 Å². The molecule has 4 atom stereocenters. The van der Waals surface area contributed by atoms with Gasteiger partial charge in [0.1, 0.15) is 10.6 Å². The van der Waals surface area contributed by atoms with E-state index in [-0.39, 0.29) is 50.2 Å². The van der Waals surface area contributed by atoms with E-state index in [9.17, 15) is 13.2 Å². The molecule has 43 heavy (non-hydrogen) atoms. The zero-order valence-corrected chi connectivity index (χ0v) is 31.5. The molecule has 1 aromatic carbocycles. The van der Waals surface area contributed by atoms with Crippen LogP contribution >= 0.6 is 15.8 Å². The fraction of sp³-hybridized carbons (Fsp3) is 0.636. The van der Waals surface area contributed by atoms with Gasteiger partial charge >= 0.3 is 25.0 Å². The van der Waals surface area contributed by atoms with Crippen molar-refractivity contribution in [1.29, 1.82) is 0 Å². The van der Waals surface area contributed by atoms with Gasteiger partial charge in [0.2, 0.25) is 0 Å². The number of benzene rings is 1. The minimum absolute atomic E-state index is 0. The predicted molar refractivity (Wildman–Crippen MR) is 182 cm³/mol. The van der Waals surface area contributed by atoms with Gasteiger partial charge in [-0.3, -0.25) is 0 Å². The van der Waals surface area contributed by atoms with E-state index in [4.69, 9.17) is 13.0 Å². The van der Waals surface area contributed by atoms with Gasteiger partial charge in [-0.1, -0.05) is 64.1 Å². The summed E-state index contributed by atoms with van der Waals surface area (Å²) in [5, 5.41) is 3.79. The Kier molecular flexibility index (Phi) is 23.5. The number of hydrogen-bond acceptors (Lipinski definition) is 3. The van der Waals surface area contributed by atoms with E-state index < -0.39 is 15.6 Å². The van der Waals surface area contributed by atoms with E-state index in [2.05, 4.69) is 76.3 Å². The molecule has 0 saturated carbocycles. The minimum Gasteiger partial charge on any atom is -0.741 e. The Morgan fingerprint density at radius 3 is 1.09 bits per heavy atom. The maximum Gasteiger partial charge on any atom is 3.00 e. The van der Waals surface area contributed by atoms with Crippen LogP contribution in [0.15, 0.2) is 48.6 Å². The number of halogens is 3. The molecule has 0 aromatic heterocycles. The first-order valence-electron chi connectivity index (χ1n) is 15.1. The maximum atomic E-state index is 10.7. The molecular formula is C33H56F3O3P2RhS+2. The zero-order chi connectivity index (χ0) is 29.8. The molecule has 0 spiro atoms. The molecule has 2 heterocycles. The van der Waals surface area contributed by atoms with Crippen molar-refractivity contribution < 1.29 is 45.6 Å². The van der Waals surface area contributed by atoms with Crippen LogP contribution in [0.3, 0.4) is 0 Å². The third kappa shape index (κ3) is 13.6. The third-order valence-corrected chi connectivity index (χ3v) is 17.9. The average molecular weight is 755 g/mol. The molecule has 1 aliphatic carbocycles. The van der Waals surface area contributed by atoms with Crippen LogP contribution in [0.4, 0.5) is 13.2 Å². The summed E-state index contributed by atoms with van der Waals surface area (Å²) in [7, 11) is -6.83. The summed E-state index contributed by atoms with van der Waals surface area (Å²) in [4.78, 5) is 0. The summed E-state index contributed by atoms with van der Waals surface area (Å²) in [5.74, 6) is 0. The van der Waals surface area contributed by atoms with E-state index in [0.29, 0.717) is 0 Å². The topological polar surface area (TPSA) is 57.2 Å². The van der Waals surface area contributed by atoms with Crippen molar-refractivity contribution in [3.63, 3.8) is 0 Å². The van der Waals surface area contributed by atoms with Crippen molar-refractivity contribution in [3.8, 4) is 0 Å². The normalized spacial score (nSPS) is 24.8. The fourth-order valence-corrected chi connectivity index (χ4v) is 15.5. The van der Waals surface area contributed by atoms with Gasteiger partial charge in [-0.15, -0.1) is 0 Å². The number of alkyl halides is 3. The van der Waals surface area contributed by atoms with Gasteiger partial charge in [0.15, 0.2) is 10.1 Å². The molecule has 2 fully saturated rings. The summed E-state index contributed by atoms with van der Waals surface area (Å²) < 4.78 is 58.9. The molecule has 1 aromatic rings. The van der Waals surface area contributed by atoms with E-state index in [1.807, 2.05) is 10.6 Å². The Morgan fingerprint density at radius 2 is 0.907 bits per heavy atom. The smallest absolute Gasteiger partial charge is 0.741 e. The Morgan fingerprint density at radius 1 is 0.674 bits per heavy atom. The SMILES string of the molecule is C1=CCC/C=C\CC1.CC[C@H]1CC[C@H](CC)[PH+]1c1ccccc1[PH+]1[C@@H](CC)CC[C@@H]1CC.O=S(=O)([O-])C(F)(F)F.[CH3-].[CH3-].[Rh+3]. The van der Waals surface area contributed by atoms with Crippen LogP contribution in [0.1, 0.15) is 105 Å². The molecule has 0 unspecified atom stereocenters. The van der Waals surface area contributed by atoms with Crippen LogP contribution in [-0.2, 0) is 29.6 Å². The van der Waals surface area contributed by atoms with Gasteiger partial charge < -0.3 is 19.4 Å². The van der Waals surface area contributed by atoms with Crippen LogP contribution in [0.5, 0.6) is 0 Å². The summed E-state index contributed by atoms with van der Waals surface area (Å²) >= 11 is 0. The summed E-state index contributed by atoms with van der Waals surface area (Å²) in [5.41, 5.74) is -1.52. The van der Waals surface area contributed by atoms with Gasteiger partial charge in [-0.25, -0.2) is 8.42 Å². The average Bonchev–Trinajstić information content (AvgIpc) is 3.51. The van der Waals surface area contributed by atoms with E-state index in [1.54, 1.807) is 0 Å². The quantitative estimate of drug-likeness (QED) is 0.0726. The first-order valence-corrected chi connectivity index (χ1v) is 19.9. The van der Waals surface area contributed by atoms with Crippen LogP contribution < -0.4 is 10.6 Å². The standard InChI is InChI=1S/C22H36P2.C8H12.CHF3O3S.2CH3.Rh/c1-5-17-13-14-18(6-2)23(17)21-11-9-10-12-22(21)24-19(7-3)15-16-20(24)8-4;1-2-4-6-8-7-5-3-1;2-1(3,4)8(5,6)7;;;/h9-12,17-20H,5-8,13-16H2,1-4H3;1-2,7-8H,3-6H2;(H,5,6,7);2*1H3;/q;;;2*-1;+3/p+1/b;2-1-,8-7?;;;;/t17-,18-,19-,20-;;;;;/m0...../s1. The second-order valence-electron chi connectivity index (χ2n) is 11.0. The molecule has 0 bridgehead atoms. The van der Waals surface area contributed by atoms with Crippen molar-refractivity contribution in [2.45, 2.75) is 133 Å². The van der Waals surface area contributed by atoms with Crippen LogP contribution in [0, 0.1) is 14.9 Å². The van der Waals surface area contributed by atoms with Gasteiger partial charge in [0.05, 0.1) is 22.6 Å². The second kappa shape index (κ2) is 22.4. The maximum absolute atomic E-state index is 10.7. The summed E-state index contributed by atoms with van der Waals surface area (Å²) in [6.07, 6.45) is 25.7. The fourth-order valence-electron chi connectivity index (χ4n) is 6.51. The number of hydrogen-bond donors (Lipinski definition) is 0. The molecule has 10 heteroatoms. The van der Waals surface area contributed by atoms with Crippen LogP contribution in [-0.4, -0.2) is 41.1 Å². The van der Waals surface area contributed by atoms with Crippen molar-refractivity contribution in [1.82, 2.24) is 0 Å². The Hall–Kier alpha value is -0.117. The van der Waals surface area contributed by atoms with Gasteiger partial charge in [-0.2, -0.15) is 13.2 Å². The number of allylic oxidation sites excluding steroid dienone is 4. The van der Waals surface area contributed by atoms with Gasteiger partial charge in [0.25, 0.3) is 0 Å². The molecule has 4 rings (SSSR count). The first-order chi connectivity index (χ1) is 19.0.